The van der Waals surface area contributed by atoms with Crippen molar-refractivity contribution in [3.05, 3.63) is 48.6 Å². The molecule has 2 heterocycles. The molecule has 4 aliphatic rings. The van der Waals surface area contributed by atoms with E-state index in [9.17, 15) is 24.3 Å². The standard InChI is InChI=1S/C50H80N2O8/c1-11-41(55)59-34-25-36-19-28-46(3,4)43(48(36,7)8)51-30-21-38(22-31-51)50(45(57)58,27-17-15-13-14-16-18-40(53)54)39-23-32-52(33-24-39)44-47(5,6)29-20-37(49(44,9)10)26-35-60-42(56)12-2/h11-12,19-20,38-39,43-44H,1-2,13-18,21-35H2,3-10H3,(H,53,54)(H,57,58). The number of piperidine rings is 2. The zero-order chi connectivity index (χ0) is 44.5. The summed E-state index contributed by atoms with van der Waals surface area (Å²) >= 11 is 0. The summed E-state index contributed by atoms with van der Waals surface area (Å²) in [5, 5.41) is 20.7. The Morgan fingerprint density at radius 2 is 1.05 bits per heavy atom. The number of hydrogen-bond donors (Lipinski definition) is 2. The summed E-state index contributed by atoms with van der Waals surface area (Å²) in [5.74, 6) is -2.08. The van der Waals surface area contributed by atoms with E-state index < -0.39 is 29.3 Å². The molecule has 4 rings (SSSR count). The predicted octanol–water partition coefficient (Wildman–Crippen LogP) is 10.0. The molecule has 0 aromatic rings. The van der Waals surface area contributed by atoms with Crippen LogP contribution in [0.2, 0.25) is 0 Å². The van der Waals surface area contributed by atoms with Gasteiger partial charge in [0.2, 0.25) is 0 Å². The van der Waals surface area contributed by atoms with Crippen molar-refractivity contribution >= 4 is 23.9 Å². The molecule has 0 radical (unpaired) electrons. The smallest absolute Gasteiger partial charge is 0.330 e. The van der Waals surface area contributed by atoms with E-state index in [-0.39, 0.29) is 52.0 Å². The number of likely N-dealkylation sites (tertiary alicyclic amines) is 2. The van der Waals surface area contributed by atoms with Crippen LogP contribution in [0.25, 0.3) is 0 Å². The molecular weight excluding hydrogens is 757 g/mol. The first-order valence-corrected chi connectivity index (χ1v) is 23.1. The Bertz CT molecular complexity index is 1490. The topological polar surface area (TPSA) is 134 Å². The van der Waals surface area contributed by atoms with Gasteiger partial charge in [0, 0.05) is 54.3 Å². The molecular formula is C50H80N2O8. The Morgan fingerprint density at radius 1 is 0.667 bits per heavy atom. The molecule has 0 spiro atoms. The molecule has 10 nitrogen and oxygen atoms in total. The highest BCUT2D eigenvalue weighted by Gasteiger charge is 2.56. The number of aliphatic carboxylic acids is 2. The average molecular weight is 837 g/mol. The van der Waals surface area contributed by atoms with Gasteiger partial charge in [0.25, 0.3) is 0 Å². The molecule has 0 saturated carbocycles. The van der Waals surface area contributed by atoms with Crippen molar-refractivity contribution in [2.75, 3.05) is 39.4 Å². The molecule has 0 bridgehead atoms. The van der Waals surface area contributed by atoms with Crippen LogP contribution in [0.1, 0.15) is 152 Å². The summed E-state index contributed by atoms with van der Waals surface area (Å²) < 4.78 is 10.8. The van der Waals surface area contributed by atoms with Crippen LogP contribution >= 0.6 is 0 Å². The van der Waals surface area contributed by atoms with Gasteiger partial charge in [-0.3, -0.25) is 19.4 Å². The van der Waals surface area contributed by atoms with Crippen molar-refractivity contribution in [2.24, 2.45) is 38.9 Å². The minimum atomic E-state index is -0.825. The third-order valence-corrected chi connectivity index (χ3v) is 15.4. The second kappa shape index (κ2) is 20.8. The molecule has 2 aliphatic carbocycles. The highest BCUT2D eigenvalue weighted by molar-refractivity contribution is 5.81. The number of hydrogen-bond acceptors (Lipinski definition) is 8. The van der Waals surface area contributed by atoms with E-state index in [0.717, 1.165) is 90.4 Å². The van der Waals surface area contributed by atoms with Crippen LogP contribution < -0.4 is 0 Å². The van der Waals surface area contributed by atoms with Gasteiger partial charge in [-0.1, -0.05) is 118 Å². The van der Waals surface area contributed by atoms with Crippen LogP contribution in [0, 0.1) is 38.9 Å². The summed E-state index contributed by atoms with van der Waals surface area (Å²) in [4.78, 5) is 54.1. The van der Waals surface area contributed by atoms with Crippen LogP contribution in [-0.2, 0) is 28.7 Å². The SMILES string of the molecule is C=CC(=O)OCCC1=CCC(C)(C)C(N2CCC(C(CCCCCCCC(=O)O)(C(=O)O)C3CCN(C4C(C)(C)CC=C(CCOC(=O)C=C)C4(C)C)CC3)CC2)C1(C)C. The third kappa shape index (κ3) is 11.4. The Labute approximate surface area is 362 Å². The summed E-state index contributed by atoms with van der Waals surface area (Å²) in [6.45, 7) is 29.8. The van der Waals surface area contributed by atoms with Crippen molar-refractivity contribution in [3.63, 3.8) is 0 Å². The Hall–Kier alpha value is -3.24. The van der Waals surface area contributed by atoms with Crippen molar-refractivity contribution < 1.29 is 38.9 Å². The zero-order valence-electron chi connectivity index (χ0n) is 38.6. The summed E-state index contributed by atoms with van der Waals surface area (Å²) in [6, 6.07) is 0.508. The van der Waals surface area contributed by atoms with E-state index in [4.69, 9.17) is 14.6 Å². The number of carboxylic acids is 2. The van der Waals surface area contributed by atoms with Gasteiger partial charge in [-0.2, -0.15) is 0 Å². The number of nitrogens with zero attached hydrogens (tertiary/aromatic N) is 2. The summed E-state index contributed by atoms with van der Waals surface area (Å²) in [6.07, 6.45) is 18.7. The highest BCUT2D eigenvalue weighted by atomic mass is 16.5. The molecule has 60 heavy (non-hydrogen) atoms. The number of carbonyl (C=O) groups is 4. The lowest BCUT2D eigenvalue weighted by Crippen LogP contribution is -2.61. The number of carboxylic acid groups (broad SMARTS) is 2. The van der Waals surface area contributed by atoms with Crippen LogP contribution in [0.5, 0.6) is 0 Å². The van der Waals surface area contributed by atoms with Crippen molar-refractivity contribution in [1.82, 2.24) is 9.80 Å². The maximum Gasteiger partial charge on any atom is 0.330 e. The molecule has 0 aromatic carbocycles. The fourth-order valence-electron chi connectivity index (χ4n) is 13.0. The first-order chi connectivity index (χ1) is 28.1. The van der Waals surface area contributed by atoms with Gasteiger partial charge in [0.05, 0.1) is 18.6 Å². The van der Waals surface area contributed by atoms with Crippen LogP contribution in [0.15, 0.2) is 48.6 Å². The first-order valence-electron chi connectivity index (χ1n) is 23.1. The minimum absolute atomic E-state index is 0.0146. The van der Waals surface area contributed by atoms with Crippen LogP contribution in [0.4, 0.5) is 0 Å². The van der Waals surface area contributed by atoms with Crippen molar-refractivity contribution in [2.45, 2.75) is 164 Å². The van der Waals surface area contributed by atoms with E-state index >= 15 is 0 Å². The van der Waals surface area contributed by atoms with Gasteiger partial charge in [0.15, 0.2) is 0 Å². The highest BCUT2D eigenvalue weighted by Crippen LogP contribution is 2.55. The normalized spacial score (nSPS) is 25.5. The molecule has 2 fully saturated rings. The molecule has 2 aliphatic heterocycles. The molecule has 2 saturated heterocycles. The zero-order valence-corrected chi connectivity index (χ0v) is 38.6. The van der Waals surface area contributed by atoms with Crippen molar-refractivity contribution in [3.8, 4) is 0 Å². The number of rotatable bonds is 21. The number of unbranched alkanes of at least 4 members (excludes halogenated alkanes) is 4. The van der Waals surface area contributed by atoms with Crippen LogP contribution in [0.3, 0.4) is 0 Å². The lowest BCUT2D eigenvalue weighted by Gasteiger charge is -2.58. The first kappa shape index (κ1) is 49.4. The maximum atomic E-state index is 14.1. The van der Waals surface area contributed by atoms with E-state index in [2.05, 4.69) is 90.5 Å². The van der Waals surface area contributed by atoms with Gasteiger partial charge in [-0.25, -0.2) is 9.59 Å². The monoisotopic (exact) mass is 837 g/mol. The Kier molecular flexibility index (Phi) is 17.1. The molecule has 2 unspecified atom stereocenters. The molecule has 2 atom stereocenters. The van der Waals surface area contributed by atoms with Gasteiger partial charge >= 0.3 is 23.9 Å². The van der Waals surface area contributed by atoms with Gasteiger partial charge in [-0.05, 0) is 100 Å². The van der Waals surface area contributed by atoms with Crippen LogP contribution in [-0.4, -0.2) is 95.4 Å². The second-order valence-corrected chi connectivity index (χ2v) is 21.0. The van der Waals surface area contributed by atoms with E-state index in [0.29, 0.717) is 38.9 Å². The maximum absolute atomic E-state index is 14.1. The largest absolute Gasteiger partial charge is 0.481 e. The van der Waals surface area contributed by atoms with E-state index in [1.807, 2.05) is 0 Å². The fraction of sp³-hybridized carbons (Fsp3) is 0.760. The number of allylic oxidation sites excluding steroid dienone is 2. The minimum Gasteiger partial charge on any atom is -0.481 e. The van der Waals surface area contributed by atoms with Crippen molar-refractivity contribution in [1.29, 1.82) is 0 Å². The Morgan fingerprint density at radius 3 is 1.42 bits per heavy atom. The lowest BCUT2D eigenvalue weighted by molar-refractivity contribution is -0.164. The molecule has 0 amide bonds. The predicted molar refractivity (Wildman–Crippen MR) is 238 cm³/mol. The number of carbonyl (C=O) groups excluding carboxylic acids is 2. The van der Waals surface area contributed by atoms with Gasteiger partial charge in [0.1, 0.15) is 0 Å². The van der Waals surface area contributed by atoms with E-state index in [1.54, 1.807) is 0 Å². The molecule has 0 aromatic heterocycles. The lowest BCUT2D eigenvalue weighted by atomic mass is 9.56. The number of esters is 2. The summed E-state index contributed by atoms with van der Waals surface area (Å²) in [5.41, 5.74) is 1.51. The quantitative estimate of drug-likeness (QED) is 0.0498. The fourth-order valence-corrected chi connectivity index (χ4v) is 13.0. The second-order valence-electron chi connectivity index (χ2n) is 21.0. The third-order valence-electron chi connectivity index (χ3n) is 15.4. The van der Waals surface area contributed by atoms with Gasteiger partial charge in [-0.15, -0.1) is 0 Å². The Balaban J connectivity index is 1.54. The molecule has 2 N–H and O–H groups in total. The van der Waals surface area contributed by atoms with Gasteiger partial charge < -0.3 is 19.7 Å². The number of ether oxygens (including phenoxy) is 2. The average Bonchev–Trinajstić information content (AvgIpc) is 3.17. The summed E-state index contributed by atoms with van der Waals surface area (Å²) in [7, 11) is 0. The molecule has 338 valence electrons. The molecule has 10 heteroatoms. The van der Waals surface area contributed by atoms with E-state index in [1.165, 1.54) is 23.3 Å².